The Balaban J connectivity index is 1.66. The van der Waals surface area contributed by atoms with E-state index in [9.17, 15) is 14.4 Å². The average molecular weight is 415 g/mol. The highest BCUT2D eigenvalue weighted by Crippen LogP contribution is 2.06. The maximum atomic E-state index is 13.2. The molecule has 0 saturated carbocycles. The normalized spacial score (nSPS) is 10.9. The predicted octanol–water partition coefficient (Wildman–Crippen LogP) is 1.63. The summed E-state index contributed by atoms with van der Waals surface area (Å²) in [5.41, 5.74) is 2.26. The number of pyridine rings is 2. The number of hydrogen-bond acceptors (Lipinski definition) is 5. The first-order chi connectivity index (χ1) is 15.0. The van der Waals surface area contributed by atoms with E-state index in [1.807, 2.05) is 31.2 Å². The number of amides is 1. The van der Waals surface area contributed by atoms with Gasteiger partial charge in [0.25, 0.3) is 5.56 Å². The first-order valence-corrected chi connectivity index (χ1v) is 9.82. The molecule has 0 aliphatic heterocycles. The summed E-state index contributed by atoms with van der Waals surface area (Å²) in [7, 11) is 0. The van der Waals surface area contributed by atoms with Gasteiger partial charge in [-0.3, -0.25) is 23.7 Å². The number of aryl methyl sites for hydroxylation is 1. The molecule has 0 atom stereocenters. The Bertz CT molecular complexity index is 1340. The Morgan fingerprint density at radius 2 is 1.68 bits per heavy atom. The van der Waals surface area contributed by atoms with E-state index >= 15 is 0 Å². The third kappa shape index (κ3) is 4.42. The SMILES string of the molecule is Cc1ccc(CNC(=O)Cn2c(=O)n(Cc3ccncc3)c(=O)c3ncccc32)cc1. The fraction of sp³-hybridized carbons (Fsp3) is 0.174. The van der Waals surface area contributed by atoms with Crippen LogP contribution in [0.1, 0.15) is 16.7 Å². The molecule has 1 aromatic carbocycles. The van der Waals surface area contributed by atoms with Gasteiger partial charge in [0.15, 0.2) is 5.52 Å². The zero-order valence-corrected chi connectivity index (χ0v) is 17.0. The molecular formula is C23H21N5O3. The van der Waals surface area contributed by atoms with Crippen molar-refractivity contribution in [2.75, 3.05) is 0 Å². The van der Waals surface area contributed by atoms with Crippen molar-refractivity contribution >= 4 is 16.9 Å². The number of nitrogens with one attached hydrogen (secondary N) is 1. The maximum Gasteiger partial charge on any atom is 0.332 e. The number of hydrogen-bond donors (Lipinski definition) is 1. The minimum atomic E-state index is -0.562. The van der Waals surface area contributed by atoms with Crippen LogP contribution in [0.5, 0.6) is 0 Å². The lowest BCUT2D eigenvalue weighted by molar-refractivity contribution is -0.121. The molecule has 0 radical (unpaired) electrons. The molecular weight excluding hydrogens is 394 g/mol. The molecule has 1 amide bonds. The fourth-order valence-corrected chi connectivity index (χ4v) is 3.31. The van der Waals surface area contributed by atoms with Crippen LogP contribution < -0.4 is 16.6 Å². The topological polar surface area (TPSA) is 98.9 Å². The Hall–Kier alpha value is -4.07. The number of benzene rings is 1. The van der Waals surface area contributed by atoms with Crippen LogP contribution in [0.25, 0.3) is 11.0 Å². The van der Waals surface area contributed by atoms with Gasteiger partial charge in [0.2, 0.25) is 5.91 Å². The summed E-state index contributed by atoms with van der Waals surface area (Å²) < 4.78 is 2.38. The standard InChI is InChI=1S/C23H21N5O3/c1-16-4-6-17(7-5-16)13-26-20(29)15-27-19-3-2-10-25-21(19)22(30)28(23(27)31)14-18-8-11-24-12-9-18/h2-12H,13-15H2,1H3,(H,26,29). The van der Waals surface area contributed by atoms with Gasteiger partial charge in [0, 0.05) is 25.1 Å². The second-order valence-electron chi connectivity index (χ2n) is 7.25. The lowest BCUT2D eigenvalue weighted by Gasteiger charge is -2.14. The molecule has 8 nitrogen and oxygen atoms in total. The van der Waals surface area contributed by atoms with Crippen LogP contribution in [0.4, 0.5) is 0 Å². The molecule has 0 saturated heterocycles. The Labute approximate surface area is 177 Å². The third-order valence-electron chi connectivity index (χ3n) is 4.99. The first-order valence-electron chi connectivity index (χ1n) is 9.82. The van der Waals surface area contributed by atoms with Crippen molar-refractivity contribution in [3.8, 4) is 0 Å². The summed E-state index contributed by atoms with van der Waals surface area (Å²) in [6.45, 7) is 2.19. The van der Waals surface area contributed by atoms with E-state index in [1.54, 1.807) is 36.7 Å². The monoisotopic (exact) mass is 415 g/mol. The van der Waals surface area contributed by atoms with Gasteiger partial charge < -0.3 is 5.32 Å². The van der Waals surface area contributed by atoms with Crippen LogP contribution in [-0.4, -0.2) is 25.0 Å². The second-order valence-corrected chi connectivity index (χ2v) is 7.25. The molecule has 3 aromatic heterocycles. The number of nitrogens with zero attached hydrogens (tertiary/aromatic N) is 4. The van der Waals surface area contributed by atoms with Gasteiger partial charge in [0.05, 0.1) is 12.1 Å². The summed E-state index contributed by atoms with van der Waals surface area (Å²) in [6.07, 6.45) is 4.68. The molecule has 0 fully saturated rings. The summed E-state index contributed by atoms with van der Waals surface area (Å²) in [5, 5.41) is 2.83. The lowest BCUT2D eigenvalue weighted by Crippen LogP contribution is -2.43. The molecule has 0 unspecified atom stereocenters. The van der Waals surface area contributed by atoms with E-state index in [0.29, 0.717) is 12.1 Å². The van der Waals surface area contributed by atoms with Crippen LogP contribution in [0, 0.1) is 6.92 Å². The van der Waals surface area contributed by atoms with Crippen molar-refractivity contribution in [3.05, 3.63) is 105 Å². The van der Waals surface area contributed by atoms with E-state index in [1.165, 1.54) is 10.8 Å². The second kappa shape index (κ2) is 8.74. The van der Waals surface area contributed by atoms with Gasteiger partial charge in [-0.25, -0.2) is 9.78 Å². The molecule has 1 N–H and O–H groups in total. The molecule has 4 rings (SSSR count). The Morgan fingerprint density at radius 1 is 0.935 bits per heavy atom. The molecule has 3 heterocycles. The number of carbonyl (C=O) groups excluding carboxylic acids is 1. The van der Waals surface area contributed by atoms with Crippen molar-refractivity contribution in [2.24, 2.45) is 0 Å². The number of aromatic nitrogens is 4. The first kappa shape index (κ1) is 20.2. The van der Waals surface area contributed by atoms with E-state index < -0.39 is 11.2 Å². The van der Waals surface area contributed by atoms with Gasteiger partial charge in [-0.15, -0.1) is 0 Å². The fourth-order valence-electron chi connectivity index (χ4n) is 3.31. The average Bonchev–Trinajstić information content (AvgIpc) is 2.80. The number of carbonyl (C=O) groups is 1. The predicted molar refractivity (Wildman–Crippen MR) is 117 cm³/mol. The van der Waals surface area contributed by atoms with Crippen molar-refractivity contribution in [1.29, 1.82) is 0 Å². The van der Waals surface area contributed by atoms with Crippen LogP contribution in [0.2, 0.25) is 0 Å². The Morgan fingerprint density at radius 3 is 2.42 bits per heavy atom. The summed E-state index contributed by atoms with van der Waals surface area (Å²) >= 11 is 0. The summed E-state index contributed by atoms with van der Waals surface area (Å²) in [6, 6.07) is 14.5. The van der Waals surface area contributed by atoms with Crippen molar-refractivity contribution in [3.63, 3.8) is 0 Å². The number of fused-ring (bicyclic) bond motifs is 1. The van der Waals surface area contributed by atoms with Crippen molar-refractivity contribution in [1.82, 2.24) is 24.4 Å². The zero-order chi connectivity index (χ0) is 21.8. The van der Waals surface area contributed by atoms with Crippen LogP contribution >= 0.6 is 0 Å². The quantitative estimate of drug-likeness (QED) is 0.516. The zero-order valence-electron chi connectivity index (χ0n) is 17.0. The van der Waals surface area contributed by atoms with Gasteiger partial charge in [-0.2, -0.15) is 0 Å². The lowest BCUT2D eigenvalue weighted by atomic mass is 10.1. The van der Waals surface area contributed by atoms with Crippen molar-refractivity contribution < 1.29 is 4.79 Å². The molecule has 31 heavy (non-hydrogen) atoms. The van der Waals surface area contributed by atoms with Crippen molar-refractivity contribution in [2.45, 2.75) is 26.6 Å². The van der Waals surface area contributed by atoms with E-state index in [0.717, 1.165) is 21.3 Å². The minimum absolute atomic E-state index is 0.0671. The number of rotatable bonds is 6. The molecule has 0 bridgehead atoms. The van der Waals surface area contributed by atoms with Crippen LogP contribution in [0.3, 0.4) is 0 Å². The Kier molecular flexibility index (Phi) is 5.70. The highest BCUT2D eigenvalue weighted by atomic mass is 16.2. The molecule has 8 heteroatoms. The van der Waals surface area contributed by atoms with Crippen LogP contribution in [0.15, 0.2) is 76.7 Å². The van der Waals surface area contributed by atoms with Gasteiger partial charge >= 0.3 is 5.69 Å². The summed E-state index contributed by atoms with van der Waals surface area (Å²) in [4.78, 5) is 46.8. The highest BCUT2D eigenvalue weighted by Gasteiger charge is 2.16. The maximum absolute atomic E-state index is 13.2. The molecule has 0 aliphatic carbocycles. The van der Waals surface area contributed by atoms with E-state index in [-0.39, 0.29) is 24.5 Å². The van der Waals surface area contributed by atoms with E-state index in [2.05, 4.69) is 15.3 Å². The molecule has 156 valence electrons. The van der Waals surface area contributed by atoms with Gasteiger partial charge in [-0.1, -0.05) is 29.8 Å². The smallest absolute Gasteiger partial charge is 0.332 e. The largest absolute Gasteiger partial charge is 0.350 e. The summed E-state index contributed by atoms with van der Waals surface area (Å²) in [5.74, 6) is -0.332. The third-order valence-corrected chi connectivity index (χ3v) is 4.99. The highest BCUT2D eigenvalue weighted by molar-refractivity contribution is 5.79. The van der Waals surface area contributed by atoms with Crippen LogP contribution in [-0.2, 0) is 24.4 Å². The molecule has 4 aromatic rings. The van der Waals surface area contributed by atoms with Gasteiger partial charge in [0.1, 0.15) is 6.54 Å². The van der Waals surface area contributed by atoms with E-state index in [4.69, 9.17) is 0 Å². The molecule has 0 aliphatic rings. The van der Waals surface area contributed by atoms with Gasteiger partial charge in [-0.05, 0) is 42.3 Å². The molecule has 0 spiro atoms. The minimum Gasteiger partial charge on any atom is -0.350 e.